The molecule has 1 saturated heterocycles. The summed E-state index contributed by atoms with van der Waals surface area (Å²) in [6, 6.07) is 7.58. The minimum atomic E-state index is -0.793. The number of hydrogen-bond donors (Lipinski definition) is 1. The molecule has 0 amide bonds. The summed E-state index contributed by atoms with van der Waals surface area (Å²) in [6.45, 7) is 7.35. The van der Waals surface area contributed by atoms with Crippen molar-refractivity contribution in [3.05, 3.63) is 59.5 Å². The van der Waals surface area contributed by atoms with Crippen LogP contribution in [0.1, 0.15) is 45.1 Å². The maximum Gasteiger partial charge on any atom is 0.227 e. The summed E-state index contributed by atoms with van der Waals surface area (Å²) in [5.74, 6) is -1.81. The second-order valence-electron chi connectivity index (χ2n) is 10.6. The Balaban J connectivity index is 1.43. The van der Waals surface area contributed by atoms with E-state index in [4.69, 9.17) is 4.74 Å². The Morgan fingerprint density at radius 1 is 1.08 bits per heavy atom. The van der Waals surface area contributed by atoms with Crippen LogP contribution >= 0.6 is 0 Å². The van der Waals surface area contributed by atoms with E-state index in [1.54, 1.807) is 18.2 Å². The van der Waals surface area contributed by atoms with Gasteiger partial charge in [0.25, 0.3) is 0 Å². The number of benzene rings is 2. The molecule has 1 unspecified atom stereocenters. The van der Waals surface area contributed by atoms with Crippen LogP contribution in [0.4, 0.5) is 30.5 Å². The topological polar surface area (TPSA) is 70.6 Å². The highest BCUT2D eigenvalue weighted by molar-refractivity contribution is 5.84. The van der Waals surface area contributed by atoms with Gasteiger partial charge >= 0.3 is 0 Å². The number of nitrogens with one attached hydrogen (secondary N) is 1. The van der Waals surface area contributed by atoms with Gasteiger partial charge in [0.05, 0.1) is 18.4 Å². The van der Waals surface area contributed by atoms with Gasteiger partial charge in [-0.25, -0.2) is 23.1 Å². The number of ketones is 1. The standard InChI is InChI=1S/C29H32F3N5O2/c1-16(2)37-15-26(17(3)38)39-28-23(31)11-19(12-25(28)37)27-24(32)14-33-29(35-27)34-20-5-6-21(22(30)13-20)18-7-9-36(4)10-8-18/h5-6,11-14,16,18,26H,7-10,15H2,1-4H3,(H,33,34,35). The van der Waals surface area contributed by atoms with Gasteiger partial charge in [0.15, 0.2) is 29.3 Å². The number of halogens is 3. The normalized spacial score (nSPS) is 18.2. The number of fused-ring (bicyclic) bond motifs is 1. The number of Topliss-reactive ketones (excluding diaryl/α,β-unsaturated/α-hetero) is 1. The molecule has 0 spiro atoms. The van der Waals surface area contributed by atoms with Crippen LogP contribution in [0.15, 0.2) is 36.5 Å². The predicted octanol–water partition coefficient (Wildman–Crippen LogP) is 5.68. The highest BCUT2D eigenvalue weighted by Gasteiger charge is 2.33. The van der Waals surface area contributed by atoms with Gasteiger partial charge in [0.1, 0.15) is 11.5 Å². The van der Waals surface area contributed by atoms with E-state index in [2.05, 4.69) is 27.2 Å². The van der Waals surface area contributed by atoms with Gasteiger partial charge in [-0.15, -0.1) is 0 Å². The fourth-order valence-corrected chi connectivity index (χ4v) is 5.22. The zero-order valence-electron chi connectivity index (χ0n) is 22.5. The summed E-state index contributed by atoms with van der Waals surface area (Å²) < 4.78 is 50.8. The molecule has 0 bridgehead atoms. The second-order valence-corrected chi connectivity index (χ2v) is 10.6. The van der Waals surface area contributed by atoms with Crippen LogP contribution in [-0.4, -0.2) is 59.5 Å². The van der Waals surface area contributed by atoms with Crippen LogP contribution < -0.4 is 15.0 Å². The Hall–Kier alpha value is -3.66. The Kier molecular flexibility index (Phi) is 7.48. The smallest absolute Gasteiger partial charge is 0.227 e. The molecule has 39 heavy (non-hydrogen) atoms. The summed E-state index contributed by atoms with van der Waals surface area (Å²) >= 11 is 0. The van der Waals surface area contributed by atoms with Crippen molar-refractivity contribution in [1.82, 2.24) is 14.9 Å². The van der Waals surface area contributed by atoms with Crippen LogP contribution in [-0.2, 0) is 4.79 Å². The van der Waals surface area contributed by atoms with Gasteiger partial charge in [-0.2, -0.15) is 0 Å². The molecule has 7 nitrogen and oxygen atoms in total. The summed E-state index contributed by atoms with van der Waals surface area (Å²) in [6.07, 6.45) is 2.00. The highest BCUT2D eigenvalue weighted by Crippen LogP contribution is 2.41. The lowest BCUT2D eigenvalue weighted by Crippen LogP contribution is -2.46. The summed E-state index contributed by atoms with van der Waals surface area (Å²) in [5, 5.41) is 2.94. The monoisotopic (exact) mass is 539 g/mol. The number of hydrogen-bond acceptors (Lipinski definition) is 7. The number of anilines is 3. The molecule has 0 radical (unpaired) electrons. The summed E-state index contributed by atoms with van der Waals surface area (Å²) in [7, 11) is 2.06. The first kappa shape index (κ1) is 26.9. The van der Waals surface area contributed by atoms with Crippen LogP contribution in [0, 0.1) is 17.5 Å². The fraction of sp³-hybridized carbons (Fsp3) is 0.414. The van der Waals surface area contributed by atoms with Gasteiger partial charge in [0.2, 0.25) is 5.95 Å². The van der Waals surface area contributed by atoms with Crippen molar-refractivity contribution in [2.24, 2.45) is 0 Å². The van der Waals surface area contributed by atoms with Gasteiger partial charge in [-0.3, -0.25) is 4.79 Å². The summed E-state index contributed by atoms with van der Waals surface area (Å²) in [5.41, 5.74) is 1.59. The van der Waals surface area contributed by atoms with E-state index >= 15 is 4.39 Å². The van der Waals surface area contributed by atoms with Gasteiger partial charge < -0.3 is 19.9 Å². The Morgan fingerprint density at radius 2 is 1.82 bits per heavy atom. The molecule has 10 heteroatoms. The van der Waals surface area contributed by atoms with E-state index in [0.29, 0.717) is 16.9 Å². The van der Waals surface area contributed by atoms with Crippen molar-refractivity contribution in [2.45, 2.75) is 51.7 Å². The Labute approximate surface area is 226 Å². The number of carbonyl (C=O) groups is 1. The predicted molar refractivity (Wildman–Crippen MR) is 144 cm³/mol. The van der Waals surface area contributed by atoms with Gasteiger partial charge in [0, 0.05) is 17.3 Å². The molecule has 1 aromatic heterocycles. The number of aromatic nitrogens is 2. The van der Waals surface area contributed by atoms with Crippen LogP contribution in [0.25, 0.3) is 11.3 Å². The lowest BCUT2D eigenvalue weighted by molar-refractivity contribution is -0.123. The van der Waals surface area contributed by atoms with Crippen molar-refractivity contribution in [3.63, 3.8) is 0 Å². The highest BCUT2D eigenvalue weighted by atomic mass is 19.1. The van der Waals surface area contributed by atoms with Crippen LogP contribution in [0.5, 0.6) is 5.75 Å². The molecule has 3 heterocycles. The zero-order chi connectivity index (χ0) is 27.8. The average Bonchev–Trinajstić information content (AvgIpc) is 2.90. The minimum absolute atomic E-state index is 0.0459. The van der Waals surface area contributed by atoms with Gasteiger partial charge in [-0.05, 0) is 89.5 Å². The van der Waals surface area contributed by atoms with E-state index in [1.807, 2.05) is 18.7 Å². The van der Waals surface area contributed by atoms with Crippen molar-refractivity contribution < 1.29 is 22.7 Å². The maximum absolute atomic E-state index is 15.2. The van der Waals surface area contributed by atoms with Crippen molar-refractivity contribution in [3.8, 4) is 17.0 Å². The summed E-state index contributed by atoms with van der Waals surface area (Å²) in [4.78, 5) is 24.3. The SMILES string of the molecule is CC(=O)C1CN(C(C)C)c2cc(-c3nc(Nc4ccc(C5CCN(C)CC5)c(F)c4)ncc3F)cc(F)c2O1. The molecular formula is C29H32F3N5O2. The third-order valence-electron chi connectivity index (χ3n) is 7.47. The van der Waals surface area contributed by atoms with Crippen molar-refractivity contribution in [2.75, 3.05) is 36.9 Å². The first-order chi connectivity index (χ1) is 18.6. The molecule has 1 atom stereocenters. The van der Waals surface area contributed by atoms with Gasteiger partial charge in [-0.1, -0.05) is 6.07 Å². The van der Waals surface area contributed by atoms with Crippen LogP contribution in [0.2, 0.25) is 0 Å². The minimum Gasteiger partial charge on any atom is -0.476 e. The Bertz CT molecular complexity index is 1390. The molecule has 3 aromatic rings. The first-order valence-corrected chi connectivity index (χ1v) is 13.2. The molecule has 206 valence electrons. The molecule has 5 rings (SSSR count). The fourth-order valence-electron chi connectivity index (χ4n) is 5.22. The van der Waals surface area contributed by atoms with E-state index in [9.17, 15) is 13.6 Å². The molecule has 0 aliphatic carbocycles. The van der Waals surface area contributed by atoms with Crippen molar-refractivity contribution in [1.29, 1.82) is 0 Å². The second kappa shape index (κ2) is 10.8. The average molecular weight is 540 g/mol. The number of ether oxygens (including phenoxy) is 1. The Morgan fingerprint density at radius 3 is 2.49 bits per heavy atom. The van der Waals surface area contributed by atoms with E-state index in [0.717, 1.165) is 38.2 Å². The quantitative estimate of drug-likeness (QED) is 0.432. The zero-order valence-corrected chi connectivity index (χ0v) is 22.5. The number of carbonyl (C=O) groups excluding carboxylic acids is 1. The van der Waals surface area contributed by atoms with Crippen molar-refractivity contribution >= 4 is 23.1 Å². The third kappa shape index (κ3) is 5.56. The molecule has 2 aromatic carbocycles. The lowest BCUT2D eigenvalue weighted by Gasteiger charge is -2.38. The molecular weight excluding hydrogens is 507 g/mol. The molecule has 0 saturated carbocycles. The third-order valence-corrected chi connectivity index (χ3v) is 7.47. The largest absolute Gasteiger partial charge is 0.476 e. The van der Waals surface area contributed by atoms with Crippen LogP contribution in [0.3, 0.4) is 0 Å². The van der Waals surface area contributed by atoms with E-state index in [1.165, 1.54) is 13.0 Å². The lowest BCUT2D eigenvalue weighted by atomic mass is 9.89. The van der Waals surface area contributed by atoms with E-state index in [-0.39, 0.29) is 53.1 Å². The number of nitrogens with zero attached hydrogens (tertiary/aromatic N) is 4. The molecule has 1 N–H and O–H groups in total. The maximum atomic E-state index is 15.2. The number of piperidine rings is 1. The molecule has 1 fully saturated rings. The number of rotatable bonds is 6. The number of likely N-dealkylation sites (tertiary alicyclic amines) is 1. The molecule has 2 aliphatic heterocycles. The molecule has 2 aliphatic rings. The first-order valence-electron chi connectivity index (χ1n) is 13.2. The van der Waals surface area contributed by atoms with E-state index < -0.39 is 17.7 Å².